The van der Waals surface area contributed by atoms with Crippen molar-refractivity contribution in [3.05, 3.63) is 82.3 Å². The molecule has 0 bridgehead atoms. The highest BCUT2D eigenvalue weighted by Crippen LogP contribution is 2.38. The Morgan fingerprint density at radius 2 is 1.77 bits per heavy atom. The lowest BCUT2D eigenvalue weighted by Crippen LogP contribution is -2.25. The zero-order chi connectivity index (χ0) is 20.9. The van der Waals surface area contributed by atoms with Crippen LogP contribution in [-0.2, 0) is 6.42 Å². The first-order valence-electron chi connectivity index (χ1n) is 9.84. The van der Waals surface area contributed by atoms with E-state index in [1.807, 2.05) is 42.6 Å². The number of aromatic nitrogens is 2. The third-order valence-electron chi connectivity index (χ3n) is 5.27. The van der Waals surface area contributed by atoms with Crippen molar-refractivity contribution in [2.45, 2.75) is 44.3 Å². The van der Waals surface area contributed by atoms with E-state index in [2.05, 4.69) is 25.9 Å². The van der Waals surface area contributed by atoms with E-state index in [9.17, 15) is 8.78 Å². The summed E-state index contributed by atoms with van der Waals surface area (Å²) in [4.78, 5) is 8.45. The highest BCUT2D eigenvalue weighted by atomic mass is 79.9. The van der Waals surface area contributed by atoms with E-state index in [0.717, 1.165) is 40.6 Å². The number of halogens is 3. The van der Waals surface area contributed by atoms with Crippen molar-refractivity contribution < 1.29 is 18.3 Å². The number of rotatable bonds is 8. The largest absolute Gasteiger partial charge is 0.487 e. The average molecular weight is 475 g/mol. The Morgan fingerprint density at radius 3 is 2.40 bits per heavy atom. The molecular formula is C23H21BrF2N2O2. The summed E-state index contributed by atoms with van der Waals surface area (Å²) in [7, 11) is 0. The van der Waals surface area contributed by atoms with Gasteiger partial charge in [-0.15, -0.1) is 0 Å². The number of hydrogen-bond acceptors (Lipinski definition) is 4. The maximum absolute atomic E-state index is 12.9. The van der Waals surface area contributed by atoms with Gasteiger partial charge in [0.05, 0.1) is 6.10 Å². The van der Waals surface area contributed by atoms with Crippen molar-refractivity contribution in [1.82, 2.24) is 9.97 Å². The van der Waals surface area contributed by atoms with Crippen LogP contribution in [-0.4, -0.2) is 22.7 Å². The minimum absolute atomic E-state index is 0.0302. The van der Waals surface area contributed by atoms with Gasteiger partial charge in [-0.05, 0) is 88.6 Å². The van der Waals surface area contributed by atoms with Crippen molar-refractivity contribution in [3.63, 3.8) is 0 Å². The van der Waals surface area contributed by atoms with Gasteiger partial charge in [0.15, 0.2) is 11.5 Å². The Labute approximate surface area is 182 Å². The van der Waals surface area contributed by atoms with Gasteiger partial charge >= 0.3 is 6.61 Å². The number of ether oxygens (including phenoxy) is 2. The average Bonchev–Trinajstić information content (AvgIpc) is 2.71. The minimum Gasteiger partial charge on any atom is -0.487 e. The van der Waals surface area contributed by atoms with Crippen LogP contribution in [0.15, 0.2) is 65.7 Å². The molecule has 1 unspecified atom stereocenters. The second kappa shape index (κ2) is 9.51. The fourth-order valence-corrected chi connectivity index (χ4v) is 3.71. The van der Waals surface area contributed by atoms with Crippen molar-refractivity contribution in [1.29, 1.82) is 0 Å². The molecule has 30 heavy (non-hydrogen) atoms. The summed E-state index contributed by atoms with van der Waals surface area (Å²) >= 11 is 3.38. The lowest BCUT2D eigenvalue weighted by molar-refractivity contribution is -0.0527. The second-order valence-electron chi connectivity index (χ2n) is 7.28. The van der Waals surface area contributed by atoms with E-state index in [4.69, 9.17) is 9.47 Å². The first kappa shape index (κ1) is 20.7. The number of alkyl halides is 2. The van der Waals surface area contributed by atoms with Gasteiger partial charge in [-0.25, -0.2) is 4.98 Å². The molecule has 1 aromatic carbocycles. The summed E-state index contributed by atoms with van der Waals surface area (Å²) in [5, 5.41) is 0. The summed E-state index contributed by atoms with van der Waals surface area (Å²) < 4.78 is 37.2. The predicted octanol–water partition coefficient (Wildman–Crippen LogP) is 6.15. The van der Waals surface area contributed by atoms with E-state index in [0.29, 0.717) is 12.2 Å². The molecule has 0 spiro atoms. The Hall–Kier alpha value is -2.54. The van der Waals surface area contributed by atoms with Gasteiger partial charge < -0.3 is 9.47 Å². The van der Waals surface area contributed by atoms with E-state index in [1.165, 1.54) is 0 Å². The van der Waals surface area contributed by atoms with E-state index in [1.54, 1.807) is 18.5 Å². The summed E-state index contributed by atoms with van der Waals surface area (Å²) in [5.74, 6) is 0.400. The quantitative estimate of drug-likeness (QED) is 0.367. The standard InChI is InChI=1S/C23H21BrF2N2O2/c24-22-7-5-17(14-28-22)19(12-15-8-10-27-11-9-15)16-4-6-20(30-23(25)26)21(13-16)29-18-2-1-3-18/h4-11,13-14,18-19,23H,1-3,12H2. The van der Waals surface area contributed by atoms with Crippen LogP contribution in [0.1, 0.15) is 41.9 Å². The van der Waals surface area contributed by atoms with Gasteiger partial charge in [-0.2, -0.15) is 8.78 Å². The van der Waals surface area contributed by atoms with Crippen LogP contribution in [0.25, 0.3) is 0 Å². The second-order valence-corrected chi connectivity index (χ2v) is 8.09. The summed E-state index contributed by atoms with van der Waals surface area (Å²) in [6.07, 6.45) is 9.05. The van der Waals surface area contributed by atoms with Gasteiger partial charge in [0.25, 0.3) is 0 Å². The molecule has 0 saturated heterocycles. The first-order valence-corrected chi connectivity index (χ1v) is 10.6. The first-order chi connectivity index (χ1) is 14.6. The molecule has 0 amide bonds. The molecule has 1 aliphatic rings. The molecule has 0 N–H and O–H groups in total. The summed E-state index contributed by atoms with van der Waals surface area (Å²) in [5.41, 5.74) is 3.09. The maximum atomic E-state index is 12.9. The lowest BCUT2D eigenvalue weighted by atomic mass is 9.86. The van der Waals surface area contributed by atoms with Gasteiger partial charge in [0, 0.05) is 24.5 Å². The Bertz CT molecular complexity index is 967. The number of nitrogens with zero attached hydrogens (tertiary/aromatic N) is 2. The zero-order valence-corrected chi connectivity index (χ0v) is 17.8. The molecule has 1 atom stereocenters. The predicted molar refractivity (Wildman–Crippen MR) is 113 cm³/mol. The van der Waals surface area contributed by atoms with Crippen LogP contribution in [0.4, 0.5) is 8.78 Å². The molecule has 3 aromatic rings. The third-order valence-corrected chi connectivity index (χ3v) is 5.74. The van der Waals surface area contributed by atoms with Crippen molar-refractivity contribution in [3.8, 4) is 11.5 Å². The molecule has 4 nitrogen and oxygen atoms in total. The molecule has 4 rings (SSSR count). The molecule has 1 fully saturated rings. The van der Waals surface area contributed by atoms with Crippen LogP contribution in [0.2, 0.25) is 0 Å². The molecule has 7 heteroatoms. The Kier molecular flexibility index (Phi) is 6.57. The fraction of sp³-hybridized carbons (Fsp3) is 0.304. The van der Waals surface area contributed by atoms with Crippen LogP contribution in [0.5, 0.6) is 11.5 Å². The molecule has 0 radical (unpaired) electrons. The Morgan fingerprint density at radius 1 is 1.00 bits per heavy atom. The highest BCUT2D eigenvalue weighted by molar-refractivity contribution is 9.10. The molecular weight excluding hydrogens is 454 g/mol. The van der Waals surface area contributed by atoms with Crippen LogP contribution < -0.4 is 9.47 Å². The number of pyridine rings is 2. The molecule has 2 aromatic heterocycles. The Balaban J connectivity index is 1.70. The van der Waals surface area contributed by atoms with Crippen LogP contribution in [0.3, 0.4) is 0 Å². The summed E-state index contributed by atoms with van der Waals surface area (Å²) in [6.45, 7) is -2.90. The highest BCUT2D eigenvalue weighted by Gasteiger charge is 2.24. The SMILES string of the molecule is FC(F)Oc1ccc(C(Cc2ccncc2)c2ccc(Br)nc2)cc1OC1CCC1. The topological polar surface area (TPSA) is 44.2 Å². The van der Waals surface area contributed by atoms with Gasteiger partial charge in [-0.3, -0.25) is 4.98 Å². The smallest absolute Gasteiger partial charge is 0.387 e. The van der Waals surface area contributed by atoms with E-state index in [-0.39, 0.29) is 17.8 Å². The molecule has 1 aliphatic carbocycles. The van der Waals surface area contributed by atoms with Gasteiger partial charge in [0.1, 0.15) is 4.60 Å². The maximum Gasteiger partial charge on any atom is 0.387 e. The fourth-order valence-electron chi connectivity index (χ4n) is 3.47. The molecule has 2 heterocycles. The van der Waals surface area contributed by atoms with Crippen LogP contribution in [0, 0.1) is 0 Å². The zero-order valence-electron chi connectivity index (χ0n) is 16.2. The van der Waals surface area contributed by atoms with E-state index >= 15 is 0 Å². The minimum atomic E-state index is -2.90. The summed E-state index contributed by atoms with van der Waals surface area (Å²) in [6, 6.07) is 13.1. The number of hydrogen-bond donors (Lipinski definition) is 0. The normalized spacial score (nSPS) is 14.9. The van der Waals surface area contributed by atoms with Crippen LogP contribution >= 0.6 is 15.9 Å². The van der Waals surface area contributed by atoms with Crippen molar-refractivity contribution >= 4 is 15.9 Å². The molecule has 1 saturated carbocycles. The van der Waals surface area contributed by atoms with Gasteiger partial charge in [-0.1, -0.05) is 12.1 Å². The van der Waals surface area contributed by atoms with E-state index < -0.39 is 6.61 Å². The third kappa shape index (κ3) is 5.14. The lowest BCUT2D eigenvalue weighted by Gasteiger charge is -2.28. The van der Waals surface area contributed by atoms with Crippen molar-refractivity contribution in [2.24, 2.45) is 0 Å². The molecule has 156 valence electrons. The number of benzene rings is 1. The van der Waals surface area contributed by atoms with Crippen molar-refractivity contribution in [2.75, 3.05) is 0 Å². The van der Waals surface area contributed by atoms with Gasteiger partial charge in [0.2, 0.25) is 0 Å². The monoisotopic (exact) mass is 474 g/mol. The molecule has 0 aliphatic heterocycles.